The quantitative estimate of drug-likeness (QED) is 0.604. The highest BCUT2D eigenvalue weighted by Gasteiger charge is 2.21. The largest absolute Gasteiger partial charge is 0.325 e. The lowest BCUT2D eigenvalue weighted by Gasteiger charge is -2.15. The van der Waals surface area contributed by atoms with Gasteiger partial charge < -0.3 is 9.88 Å². The molecule has 0 radical (unpaired) electrons. The van der Waals surface area contributed by atoms with E-state index in [-0.39, 0.29) is 16.1 Å². The monoisotopic (exact) mass is 438 g/mol. The Labute approximate surface area is 177 Å². The number of nitrogens with zero attached hydrogens (tertiary/aromatic N) is 3. The number of hydrogen-bond donors (Lipinski definition) is 1. The van der Waals surface area contributed by atoms with E-state index in [9.17, 15) is 13.2 Å². The number of aromatic nitrogens is 2. The van der Waals surface area contributed by atoms with Crippen LogP contribution < -0.4 is 5.32 Å². The third kappa shape index (κ3) is 5.61. The first-order valence-corrected chi connectivity index (χ1v) is 11.9. The molecular weight excluding hydrogens is 408 g/mol. The third-order valence-corrected chi connectivity index (χ3v) is 7.59. The van der Waals surface area contributed by atoms with Crippen LogP contribution in [0.25, 0.3) is 0 Å². The average molecular weight is 439 g/mol. The standard InChI is InChI=1S/C20H30N4O3S2/c1-7-8-12-24-15(3)14(2)21-20(24)28-16(4)19(25)22-17-10-9-11-18(13-17)29(26,27)23(5)6/h9-11,13,16H,7-8,12H2,1-6H3,(H,22,25). The van der Waals surface area contributed by atoms with Crippen LogP contribution in [0.15, 0.2) is 34.3 Å². The molecule has 2 rings (SSSR count). The number of aryl methyl sites for hydroxylation is 1. The van der Waals surface area contributed by atoms with E-state index in [4.69, 9.17) is 0 Å². The lowest BCUT2D eigenvalue weighted by Crippen LogP contribution is -2.24. The maximum absolute atomic E-state index is 12.7. The van der Waals surface area contributed by atoms with Crippen LogP contribution in [-0.2, 0) is 21.4 Å². The molecule has 0 saturated carbocycles. The molecule has 1 atom stereocenters. The molecule has 1 aromatic carbocycles. The van der Waals surface area contributed by atoms with Crippen LogP contribution in [0.3, 0.4) is 0 Å². The number of carbonyl (C=O) groups is 1. The van der Waals surface area contributed by atoms with E-state index in [0.29, 0.717) is 5.69 Å². The predicted octanol–water partition coefficient (Wildman–Crippen LogP) is 3.67. The lowest BCUT2D eigenvalue weighted by molar-refractivity contribution is -0.115. The van der Waals surface area contributed by atoms with Crippen LogP contribution in [0.4, 0.5) is 5.69 Å². The molecule has 0 aliphatic rings. The Morgan fingerprint density at radius 2 is 2.00 bits per heavy atom. The zero-order valence-corrected chi connectivity index (χ0v) is 19.5. The number of carbonyl (C=O) groups excluding carboxylic acids is 1. The smallest absolute Gasteiger partial charge is 0.242 e. The van der Waals surface area contributed by atoms with E-state index < -0.39 is 10.0 Å². The van der Waals surface area contributed by atoms with Gasteiger partial charge in [-0.1, -0.05) is 31.2 Å². The molecule has 29 heavy (non-hydrogen) atoms. The van der Waals surface area contributed by atoms with Crippen molar-refractivity contribution in [1.29, 1.82) is 0 Å². The summed E-state index contributed by atoms with van der Waals surface area (Å²) < 4.78 is 27.9. The number of nitrogens with one attached hydrogen (secondary N) is 1. The fourth-order valence-electron chi connectivity index (χ4n) is 2.69. The first kappa shape index (κ1) is 23.4. The van der Waals surface area contributed by atoms with Crippen molar-refractivity contribution in [3.05, 3.63) is 35.7 Å². The summed E-state index contributed by atoms with van der Waals surface area (Å²) in [6.07, 6.45) is 2.14. The van der Waals surface area contributed by atoms with E-state index in [1.807, 2.05) is 20.8 Å². The molecule has 1 unspecified atom stereocenters. The minimum atomic E-state index is -3.56. The molecule has 0 spiro atoms. The molecule has 2 aromatic rings. The van der Waals surface area contributed by atoms with Gasteiger partial charge in [0.25, 0.3) is 0 Å². The molecule has 1 heterocycles. The number of sulfonamides is 1. The SMILES string of the molecule is CCCCn1c(SC(C)C(=O)Nc2cccc(S(=O)(=O)N(C)C)c2)nc(C)c1C. The highest BCUT2D eigenvalue weighted by atomic mass is 32.2. The van der Waals surface area contributed by atoms with Crippen molar-refractivity contribution in [1.82, 2.24) is 13.9 Å². The number of unbranched alkanes of at least 4 members (excludes halogenated alkanes) is 1. The molecule has 1 aromatic heterocycles. The summed E-state index contributed by atoms with van der Waals surface area (Å²) in [6.45, 7) is 8.87. The fraction of sp³-hybridized carbons (Fsp3) is 0.500. The van der Waals surface area contributed by atoms with Gasteiger partial charge in [0.15, 0.2) is 5.16 Å². The van der Waals surface area contributed by atoms with Crippen LogP contribution in [0, 0.1) is 13.8 Å². The Bertz CT molecular complexity index is 968. The summed E-state index contributed by atoms with van der Waals surface area (Å²) in [5.41, 5.74) is 2.54. The maximum Gasteiger partial charge on any atom is 0.242 e. The minimum Gasteiger partial charge on any atom is -0.325 e. The number of anilines is 1. The molecule has 1 N–H and O–H groups in total. The van der Waals surface area contributed by atoms with Crippen LogP contribution >= 0.6 is 11.8 Å². The second-order valence-corrected chi connectivity index (χ2v) is 10.6. The average Bonchev–Trinajstić information content (AvgIpc) is 2.93. The van der Waals surface area contributed by atoms with Gasteiger partial charge >= 0.3 is 0 Å². The molecule has 0 fully saturated rings. The number of benzene rings is 1. The van der Waals surface area contributed by atoms with Gasteiger partial charge in [0, 0.05) is 32.0 Å². The summed E-state index contributed by atoms with van der Waals surface area (Å²) in [7, 11) is -0.605. The van der Waals surface area contributed by atoms with Crippen LogP contribution in [0.1, 0.15) is 38.1 Å². The van der Waals surface area contributed by atoms with Crippen molar-refractivity contribution >= 4 is 33.4 Å². The van der Waals surface area contributed by atoms with Gasteiger partial charge in [-0.2, -0.15) is 0 Å². The molecule has 1 amide bonds. The number of hydrogen-bond acceptors (Lipinski definition) is 5. The van der Waals surface area contributed by atoms with Crippen molar-refractivity contribution in [2.24, 2.45) is 0 Å². The normalized spacial score (nSPS) is 12.9. The van der Waals surface area contributed by atoms with Gasteiger partial charge in [0.05, 0.1) is 15.8 Å². The second-order valence-electron chi connectivity index (χ2n) is 7.13. The lowest BCUT2D eigenvalue weighted by atomic mass is 10.3. The Hall–Kier alpha value is -1.84. The van der Waals surface area contributed by atoms with Gasteiger partial charge in [0.2, 0.25) is 15.9 Å². The van der Waals surface area contributed by atoms with Crippen LogP contribution in [-0.4, -0.2) is 47.5 Å². The molecule has 160 valence electrons. The predicted molar refractivity (Wildman–Crippen MR) is 118 cm³/mol. The van der Waals surface area contributed by atoms with Gasteiger partial charge in [-0.05, 0) is 45.4 Å². The third-order valence-electron chi connectivity index (χ3n) is 4.69. The number of amides is 1. The van der Waals surface area contributed by atoms with E-state index in [0.717, 1.165) is 40.2 Å². The van der Waals surface area contributed by atoms with E-state index in [1.54, 1.807) is 12.1 Å². The summed E-state index contributed by atoms with van der Waals surface area (Å²) in [4.78, 5) is 17.5. The second kappa shape index (κ2) is 9.77. The number of thioether (sulfide) groups is 1. The summed E-state index contributed by atoms with van der Waals surface area (Å²) in [5.74, 6) is -0.199. The van der Waals surface area contributed by atoms with Gasteiger partial charge in [-0.15, -0.1) is 0 Å². The molecule has 7 nitrogen and oxygen atoms in total. The van der Waals surface area contributed by atoms with Crippen LogP contribution in [0.5, 0.6) is 0 Å². The zero-order valence-electron chi connectivity index (χ0n) is 17.9. The Kier molecular flexibility index (Phi) is 7.90. The summed E-state index contributed by atoms with van der Waals surface area (Å²) in [5, 5.41) is 3.27. The topological polar surface area (TPSA) is 84.3 Å². The van der Waals surface area contributed by atoms with Crippen molar-refractivity contribution < 1.29 is 13.2 Å². The first-order chi connectivity index (χ1) is 13.6. The van der Waals surface area contributed by atoms with Crippen LogP contribution in [0.2, 0.25) is 0 Å². The Morgan fingerprint density at radius 3 is 2.62 bits per heavy atom. The first-order valence-electron chi connectivity index (χ1n) is 9.61. The molecule has 0 saturated heterocycles. The fourth-order valence-corrected chi connectivity index (χ4v) is 4.67. The number of rotatable bonds is 9. The highest BCUT2D eigenvalue weighted by Crippen LogP contribution is 2.27. The van der Waals surface area contributed by atoms with Gasteiger partial charge in [-0.3, -0.25) is 4.79 Å². The number of imidazole rings is 1. The molecule has 0 bridgehead atoms. The van der Waals surface area contributed by atoms with Gasteiger partial charge in [0.1, 0.15) is 0 Å². The Morgan fingerprint density at radius 1 is 1.31 bits per heavy atom. The van der Waals surface area contributed by atoms with E-state index in [1.165, 1.54) is 38.0 Å². The molecular formula is C20H30N4O3S2. The van der Waals surface area contributed by atoms with Crippen molar-refractivity contribution in [2.75, 3.05) is 19.4 Å². The molecule has 0 aliphatic heterocycles. The molecule has 0 aliphatic carbocycles. The maximum atomic E-state index is 12.7. The highest BCUT2D eigenvalue weighted by molar-refractivity contribution is 8.00. The minimum absolute atomic E-state index is 0.141. The summed E-state index contributed by atoms with van der Waals surface area (Å²) >= 11 is 1.41. The Balaban J connectivity index is 2.14. The van der Waals surface area contributed by atoms with Crippen molar-refractivity contribution in [2.45, 2.75) is 62.4 Å². The summed E-state index contributed by atoms with van der Waals surface area (Å²) in [6, 6.07) is 6.29. The van der Waals surface area contributed by atoms with Crippen molar-refractivity contribution in [3.8, 4) is 0 Å². The van der Waals surface area contributed by atoms with E-state index in [2.05, 4.69) is 21.8 Å². The van der Waals surface area contributed by atoms with E-state index >= 15 is 0 Å². The zero-order chi connectivity index (χ0) is 21.8. The molecule has 9 heteroatoms. The van der Waals surface area contributed by atoms with Gasteiger partial charge in [-0.25, -0.2) is 17.7 Å². The van der Waals surface area contributed by atoms with Crippen molar-refractivity contribution in [3.63, 3.8) is 0 Å².